The Hall–Kier alpha value is -1.41. The fourth-order valence-corrected chi connectivity index (χ4v) is 1.90. The third kappa shape index (κ3) is 4.03. The van der Waals surface area contributed by atoms with Crippen LogP contribution < -0.4 is 4.90 Å². The van der Waals surface area contributed by atoms with E-state index in [1.165, 1.54) is 6.07 Å². The molecule has 0 radical (unpaired) electrons. The zero-order chi connectivity index (χ0) is 14.5. The number of halogens is 3. The maximum absolute atomic E-state index is 13.1. The number of pyridine rings is 1. The average molecular weight is 288 g/mol. The summed E-state index contributed by atoms with van der Waals surface area (Å²) < 4.78 is 26.2. The minimum Gasteiger partial charge on any atom is -0.356 e. The second-order valence-electron chi connectivity index (χ2n) is 4.16. The summed E-state index contributed by atoms with van der Waals surface area (Å²) in [4.78, 5) is 5.71. The van der Waals surface area contributed by atoms with Crippen molar-refractivity contribution in [1.82, 2.24) is 4.98 Å². The highest BCUT2D eigenvalue weighted by Gasteiger charge is 2.31. The van der Waals surface area contributed by atoms with Gasteiger partial charge in [0.2, 0.25) is 0 Å². The van der Waals surface area contributed by atoms with Crippen LogP contribution in [0.1, 0.15) is 37.9 Å². The van der Waals surface area contributed by atoms with Crippen molar-refractivity contribution in [2.75, 3.05) is 18.0 Å². The number of nitrogens with zero attached hydrogens (tertiary/aromatic N) is 3. The van der Waals surface area contributed by atoms with E-state index in [-0.39, 0.29) is 11.4 Å². The van der Waals surface area contributed by atoms with Gasteiger partial charge in [0, 0.05) is 13.1 Å². The van der Waals surface area contributed by atoms with Gasteiger partial charge in [0.05, 0.1) is 5.56 Å². The standard InChI is InChI=1S/C13H16ClF2N3/c1-3-7-19(8-4-2)12-10(9-17)5-6-11(18-12)13(14,15)16/h5-6H,3-4,7-8H2,1-2H3. The van der Waals surface area contributed by atoms with Crippen LogP contribution >= 0.6 is 11.6 Å². The van der Waals surface area contributed by atoms with E-state index in [0.29, 0.717) is 13.1 Å². The SMILES string of the molecule is CCCN(CCC)c1nc(C(F)(F)Cl)ccc1C#N. The van der Waals surface area contributed by atoms with E-state index in [9.17, 15) is 8.78 Å². The van der Waals surface area contributed by atoms with Gasteiger partial charge in [-0.05, 0) is 36.6 Å². The lowest BCUT2D eigenvalue weighted by atomic mass is 10.2. The zero-order valence-electron chi connectivity index (χ0n) is 11.0. The Labute approximate surface area is 116 Å². The van der Waals surface area contributed by atoms with Gasteiger partial charge in [0.15, 0.2) is 0 Å². The van der Waals surface area contributed by atoms with E-state index in [0.717, 1.165) is 18.9 Å². The van der Waals surface area contributed by atoms with Crippen LogP contribution in [-0.4, -0.2) is 18.1 Å². The summed E-state index contributed by atoms with van der Waals surface area (Å²) >= 11 is 4.99. The molecule has 0 amide bonds. The summed E-state index contributed by atoms with van der Waals surface area (Å²) in [5, 5.41) is 5.54. The normalized spacial score (nSPS) is 11.2. The van der Waals surface area contributed by atoms with Gasteiger partial charge >= 0.3 is 5.38 Å². The van der Waals surface area contributed by atoms with Crippen molar-refractivity contribution in [2.24, 2.45) is 0 Å². The first-order valence-corrected chi connectivity index (χ1v) is 6.55. The Morgan fingerprint density at radius 1 is 1.32 bits per heavy atom. The Kier molecular flexibility index (Phi) is 5.49. The maximum atomic E-state index is 13.1. The smallest absolute Gasteiger partial charge is 0.356 e. The largest absolute Gasteiger partial charge is 0.364 e. The molecule has 0 aliphatic rings. The monoisotopic (exact) mass is 287 g/mol. The van der Waals surface area contributed by atoms with Crippen molar-refractivity contribution in [2.45, 2.75) is 32.1 Å². The molecule has 1 aromatic rings. The van der Waals surface area contributed by atoms with Crippen molar-refractivity contribution < 1.29 is 8.78 Å². The fourth-order valence-electron chi connectivity index (χ4n) is 1.80. The molecule has 0 saturated heterocycles. The molecule has 104 valence electrons. The van der Waals surface area contributed by atoms with Crippen LogP contribution in [0.4, 0.5) is 14.6 Å². The number of hydrogen-bond donors (Lipinski definition) is 0. The zero-order valence-corrected chi connectivity index (χ0v) is 11.7. The molecule has 6 heteroatoms. The van der Waals surface area contributed by atoms with Gasteiger partial charge in [0.25, 0.3) is 0 Å². The molecule has 0 atom stereocenters. The second kappa shape index (κ2) is 6.67. The van der Waals surface area contributed by atoms with E-state index >= 15 is 0 Å². The molecular weight excluding hydrogens is 272 g/mol. The van der Waals surface area contributed by atoms with Crippen molar-refractivity contribution in [3.8, 4) is 6.07 Å². The van der Waals surface area contributed by atoms with E-state index in [2.05, 4.69) is 4.98 Å². The minimum atomic E-state index is -3.52. The number of alkyl halides is 3. The van der Waals surface area contributed by atoms with Crippen molar-refractivity contribution >= 4 is 17.4 Å². The molecule has 0 aliphatic heterocycles. The lowest BCUT2D eigenvalue weighted by Crippen LogP contribution is -2.27. The van der Waals surface area contributed by atoms with Crippen molar-refractivity contribution in [3.05, 3.63) is 23.4 Å². The van der Waals surface area contributed by atoms with Gasteiger partial charge in [-0.15, -0.1) is 0 Å². The first kappa shape index (κ1) is 15.6. The topological polar surface area (TPSA) is 39.9 Å². The number of nitriles is 1. The molecule has 3 nitrogen and oxygen atoms in total. The molecule has 1 rings (SSSR count). The molecular formula is C13H16ClF2N3. The predicted octanol–water partition coefficient (Wildman–Crippen LogP) is 3.87. The van der Waals surface area contributed by atoms with Crippen LogP contribution in [0.3, 0.4) is 0 Å². The minimum absolute atomic E-state index is 0.282. The van der Waals surface area contributed by atoms with Gasteiger partial charge in [-0.3, -0.25) is 0 Å². The van der Waals surface area contributed by atoms with Crippen molar-refractivity contribution in [1.29, 1.82) is 5.26 Å². The van der Waals surface area contributed by atoms with Crippen LogP contribution in [0.2, 0.25) is 0 Å². The Balaban J connectivity index is 3.24. The first-order valence-electron chi connectivity index (χ1n) is 6.17. The lowest BCUT2D eigenvalue weighted by Gasteiger charge is -2.24. The summed E-state index contributed by atoms with van der Waals surface area (Å²) in [7, 11) is 0. The number of aromatic nitrogens is 1. The lowest BCUT2D eigenvalue weighted by molar-refractivity contribution is 0.0901. The third-order valence-corrected chi connectivity index (χ3v) is 2.77. The summed E-state index contributed by atoms with van der Waals surface area (Å²) in [5.74, 6) is 0.282. The molecule has 0 bridgehead atoms. The van der Waals surface area contributed by atoms with Crippen LogP contribution in [-0.2, 0) is 5.38 Å². The Morgan fingerprint density at radius 3 is 2.32 bits per heavy atom. The van der Waals surface area contributed by atoms with Gasteiger partial charge in [0.1, 0.15) is 17.6 Å². The van der Waals surface area contributed by atoms with E-state index < -0.39 is 11.1 Å². The molecule has 0 spiro atoms. The van der Waals surface area contributed by atoms with Crippen LogP contribution in [0.5, 0.6) is 0 Å². The number of rotatable bonds is 6. The number of anilines is 1. The second-order valence-corrected chi connectivity index (χ2v) is 4.64. The summed E-state index contributed by atoms with van der Waals surface area (Å²) in [5.41, 5.74) is -0.244. The third-order valence-electron chi connectivity index (χ3n) is 2.57. The van der Waals surface area contributed by atoms with Gasteiger partial charge in [-0.25, -0.2) is 4.98 Å². The van der Waals surface area contributed by atoms with Gasteiger partial charge in [-0.1, -0.05) is 13.8 Å². The summed E-state index contributed by atoms with van der Waals surface area (Å²) in [6.45, 7) is 5.28. The van der Waals surface area contributed by atoms with Crippen LogP contribution in [0, 0.1) is 11.3 Å². The predicted molar refractivity (Wildman–Crippen MR) is 71.5 cm³/mol. The van der Waals surface area contributed by atoms with E-state index in [1.54, 1.807) is 0 Å². The highest BCUT2D eigenvalue weighted by molar-refractivity contribution is 6.21. The summed E-state index contributed by atoms with van der Waals surface area (Å²) in [6.07, 6.45) is 1.68. The van der Waals surface area contributed by atoms with Crippen LogP contribution in [0.25, 0.3) is 0 Å². The molecule has 0 saturated carbocycles. The quantitative estimate of drug-likeness (QED) is 0.746. The van der Waals surface area contributed by atoms with Gasteiger partial charge in [-0.2, -0.15) is 14.0 Å². The molecule has 0 aromatic carbocycles. The molecule has 1 aromatic heterocycles. The molecule has 0 aliphatic carbocycles. The molecule has 1 heterocycles. The molecule has 0 unspecified atom stereocenters. The molecule has 19 heavy (non-hydrogen) atoms. The Morgan fingerprint density at radius 2 is 1.89 bits per heavy atom. The number of hydrogen-bond acceptors (Lipinski definition) is 3. The fraction of sp³-hybridized carbons (Fsp3) is 0.538. The highest BCUT2D eigenvalue weighted by Crippen LogP contribution is 2.33. The first-order chi connectivity index (χ1) is 8.93. The Bertz CT molecular complexity index is 460. The van der Waals surface area contributed by atoms with E-state index in [1.807, 2.05) is 24.8 Å². The average Bonchev–Trinajstić information content (AvgIpc) is 2.36. The van der Waals surface area contributed by atoms with Gasteiger partial charge < -0.3 is 4.90 Å². The van der Waals surface area contributed by atoms with Crippen molar-refractivity contribution in [3.63, 3.8) is 0 Å². The highest BCUT2D eigenvalue weighted by atomic mass is 35.5. The summed E-state index contributed by atoms with van der Waals surface area (Å²) in [6, 6.07) is 4.41. The molecule has 0 fully saturated rings. The van der Waals surface area contributed by atoms with E-state index in [4.69, 9.17) is 16.9 Å². The maximum Gasteiger partial charge on any atom is 0.364 e. The van der Waals surface area contributed by atoms with Crippen LogP contribution in [0.15, 0.2) is 12.1 Å². The molecule has 0 N–H and O–H groups in total.